The number of rotatable bonds is 3. The van der Waals surface area contributed by atoms with E-state index in [1.54, 1.807) is 0 Å². The Labute approximate surface area is 113 Å². The van der Waals surface area contributed by atoms with E-state index in [1.165, 1.54) is 5.56 Å². The smallest absolute Gasteiger partial charge is 0.229 e. The number of amides is 2. The Hall–Kier alpha value is -1.84. The summed E-state index contributed by atoms with van der Waals surface area (Å²) in [7, 11) is 0. The van der Waals surface area contributed by atoms with Gasteiger partial charge in [0.15, 0.2) is 0 Å². The lowest BCUT2D eigenvalue weighted by Crippen LogP contribution is -2.40. The molecule has 0 aliphatic carbocycles. The average Bonchev–Trinajstić information content (AvgIpc) is 2.39. The van der Waals surface area contributed by atoms with E-state index in [-0.39, 0.29) is 17.7 Å². The molecular weight excluding hydrogens is 240 g/mol. The Morgan fingerprint density at radius 1 is 1.42 bits per heavy atom. The number of hydrogen-bond donors (Lipinski definition) is 2. The fraction of sp³-hybridized carbons (Fsp3) is 0.467. The van der Waals surface area contributed by atoms with Gasteiger partial charge in [-0.1, -0.05) is 26.0 Å². The minimum atomic E-state index is -0.125. The topological polar surface area (TPSA) is 58.2 Å². The van der Waals surface area contributed by atoms with Crippen LogP contribution in [-0.2, 0) is 9.59 Å². The standard InChI is InChI=1S/C15H20N2O2/c1-10(2)11-4-3-5-13(8-11)17-15(19)12-6-7-14(18)16-9-12/h3-5,8,10,12H,6-7,9H2,1-2H3,(H,16,18)(H,17,19). The third-order valence-electron chi connectivity index (χ3n) is 3.46. The van der Waals surface area contributed by atoms with E-state index in [4.69, 9.17) is 0 Å². The third-order valence-corrected chi connectivity index (χ3v) is 3.46. The Kier molecular flexibility index (Phi) is 4.20. The fourth-order valence-corrected chi connectivity index (χ4v) is 2.18. The Morgan fingerprint density at radius 3 is 2.84 bits per heavy atom. The van der Waals surface area contributed by atoms with Crippen LogP contribution in [0.25, 0.3) is 0 Å². The molecule has 1 heterocycles. The van der Waals surface area contributed by atoms with Crippen molar-refractivity contribution < 1.29 is 9.59 Å². The first-order valence-corrected chi connectivity index (χ1v) is 6.74. The first-order valence-electron chi connectivity index (χ1n) is 6.74. The van der Waals surface area contributed by atoms with Gasteiger partial charge in [0.2, 0.25) is 11.8 Å². The van der Waals surface area contributed by atoms with E-state index in [9.17, 15) is 9.59 Å². The molecule has 1 aromatic carbocycles. The number of benzene rings is 1. The van der Waals surface area contributed by atoms with Gasteiger partial charge in [-0.2, -0.15) is 0 Å². The van der Waals surface area contributed by atoms with E-state index in [1.807, 2.05) is 18.2 Å². The lowest BCUT2D eigenvalue weighted by molar-refractivity contribution is -0.126. The molecule has 1 fully saturated rings. The van der Waals surface area contributed by atoms with Crippen molar-refractivity contribution in [2.75, 3.05) is 11.9 Å². The molecule has 2 rings (SSSR count). The molecule has 0 spiro atoms. The predicted octanol–water partition coefficient (Wildman–Crippen LogP) is 2.27. The van der Waals surface area contributed by atoms with Crippen LogP contribution in [0.4, 0.5) is 5.69 Å². The highest BCUT2D eigenvalue weighted by Gasteiger charge is 2.24. The van der Waals surface area contributed by atoms with Crippen LogP contribution >= 0.6 is 0 Å². The molecule has 1 unspecified atom stereocenters. The molecule has 1 saturated heterocycles. The second kappa shape index (κ2) is 5.87. The van der Waals surface area contributed by atoms with E-state index >= 15 is 0 Å². The molecule has 1 aromatic rings. The van der Waals surface area contributed by atoms with Crippen LogP contribution in [0.3, 0.4) is 0 Å². The largest absolute Gasteiger partial charge is 0.355 e. The van der Waals surface area contributed by atoms with Gasteiger partial charge in [0.25, 0.3) is 0 Å². The number of anilines is 1. The quantitative estimate of drug-likeness (QED) is 0.876. The monoisotopic (exact) mass is 260 g/mol. The van der Waals surface area contributed by atoms with Crippen molar-refractivity contribution in [2.45, 2.75) is 32.6 Å². The van der Waals surface area contributed by atoms with Crippen LogP contribution in [-0.4, -0.2) is 18.4 Å². The zero-order valence-corrected chi connectivity index (χ0v) is 11.4. The normalized spacial score (nSPS) is 19.1. The van der Waals surface area contributed by atoms with Crippen molar-refractivity contribution in [1.82, 2.24) is 5.32 Å². The van der Waals surface area contributed by atoms with Crippen LogP contribution in [0.15, 0.2) is 24.3 Å². The van der Waals surface area contributed by atoms with E-state index < -0.39 is 0 Å². The molecule has 2 amide bonds. The number of piperidine rings is 1. The maximum atomic E-state index is 12.1. The highest BCUT2D eigenvalue weighted by molar-refractivity contribution is 5.94. The second-order valence-corrected chi connectivity index (χ2v) is 5.31. The first kappa shape index (κ1) is 13.6. The van der Waals surface area contributed by atoms with E-state index in [0.717, 1.165) is 5.69 Å². The molecule has 4 heteroatoms. The van der Waals surface area contributed by atoms with Gasteiger partial charge >= 0.3 is 0 Å². The summed E-state index contributed by atoms with van der Waals surface area (Å²) in [5.41, 5.74) is 2.03. The van der Waals surface area contributed by atoms with Crippen molar-refractivity contribution in [3.63, 3.8) is 0 Å². The summed E-state index contributed by atoms with van der Waals surface area (Å²) in [6.07, 6.45) is 1.06. The fourth-order valence-electron chi connectivity index (χ4n) is 2.18. The molecule has 1 atom stereocenters. The summed E-state index contributed by atoms with van der Waals surface area (Å²) in [4.78, 5) is 23.2. The van der Waals surface area contributed by atoms with Gasteiger partial charge in [0, 0.05) is 18.7 Å². The van der Waals surface area contributed by atoms with E-state index in [2.05, 4.69) is 30.5 Å². The van der Waals surface area contributed by atoms with Crippen LogP contribution in [0.5, 0.6) is 0 Å². The molecule has 0 radical (unpaired) electrons. The Morgan fingerprint density at radius 2 is 2.21 bits per heavy atom. The number of carbonyl (C=O) groups is 2. The molecule has 1 aliphatic heterocycles. The highest BCUT2D eigenvalue weighted by atomic mass is 16.2. The summed E-state index contributed by atoms with van der Waals surface area (Å²) < 4.78 is 0. The van der Waals surface area contributed by atoms with Gasteiger partial charge in [-0.3, -0.25) is 9.59 Å². The zero-order chi connectivity index (χ0) is 13.8. The number of nitrogens with one attached hydrogen (secondary N) is 2. The number of carbonyl (C=O) groups excluding carboxylic acids is 2. The second-order valence-electron chi connectivity index (χ2n) is 5.31. The van der Waals surface area contributed by atoms with Crippen molar-refractivity contribution in [2.24, 2.45) is 5.92 Å². The minimum absolute atomic E-state index is 0.0130. The van der Waals surface area contributed by atoms with Crippen molar-refractivity contribution in [3.8, 4) is 0 Å². The maximum absolute atomic E-state index is 12.1. The summed E-state index contributed by atoms with van der Waals surface area (Å²) >= 11 is 0. The molecule has 1 aliphatic rings. The van der Waals surface area contributed by atoms with Gasteiger partial charge in [-0.05, 0) is 30.0 Å². The molecule has 2 N–H and O–H groups in total. The molecule has 0 aromatic heterocycles. The average molecular weight is 260 g/mol. The van der Waals surface area contributed by atoms with Crippen molar-refractivity contribution in [1.29, 1.82) is 0 Å². The van der Waals surface area contributed by atoms with Gasteiger partial charge in [0.1, 0.15) is 0 Å². The lowest BCUT2D eigenvalue weighted by Gasteiger charge is -2.21. The molecular formula is C15H20N2O2. The van der Waals surface area contributed by atoms with Gasteiger partial charge < -0.3 is 10.6 Å². The van der Waals surface area contributed by atoms with E-state index in [0.29, 0.717) is 25.3 Å². The van der Waals surface area contributed by atoms with Crippen LogP contribution < -0.4 is 10.6 Å². The predicted molar refractivity (Wildman–Crippen MR) is 74.9 cm³/mol. The Balaban J connectivity index is 1.98. The van der Waals surface area contributed by atoms with Gasteiger partial charge in [0.05, 0.1) is 5.92 Å². The SMILES string of the molecule is CC(C)c1cccc(NC(=O)C2CCC(=O)NC2)c1. The third kappa shape index (κ3) is 3.56. The molecule has 4 nitrogen and oxygen atoms in total. The number of hydrogen-bond acceptors (Lipinski definition) is 2. The first-order chi connectivity index (χ1) is 9.06. The minimum Gasteiger partial charge on any atom is -0.355 e. The summed E-state index contributed by atoms with van der Waals surface area (Å²) in [6.45, 7) is 4.68. The van der Waals surface area contributed by atoms with Crippen LogP contribution in [0.1, 0.15) is 38.2 Å². The van der Waals surface area contributed by atoms with Gasteiger partial charge in [-0.25, -0.2) is 0 Å². The van der Waals surface area contributed by atoms with Crippen LogP contribution in [0.2, 0.25) is 0 Å². The molecule has 19 heavy (non-hydrogen) atoms. The Bertz CT molecular complexity index is 473. The molecule has 0 saturated carbocycles. The van der Waals surface area contributed by atoms with Crippen molar-refractivity contribution in [3.05, 3.63) is 29.8 Å². The van der Waals surface area contributed by atoms with Crippen LogP contribution in [0, 0.1) is 5.92 Å². The highest BCUT2D eigenvalue weighted by Crippen LogP contribution is 2.20. The maximum Gasteiger partial charge on any atom is 0.229 e. The lowest BCUT2D eigenvalue weighted by atomic mass is 9.98. The molecule has 0 bridgehead atoms. The zero-order valence-electron chi connectivity index (χ0n) is 11.4. The molecule has 102 valence electrons. The summed E-state index contributed by atoms with van der Waals surface area (Å²) in [5.74, 6) is 0.331. The van der Waals surface area contributed by atoms with Gasteiger partial charge in [-0.15, -0.1) is 0 Å². The summed E-state index contributed by atoms with van der Waals surface area (Å²) in [6, 6.07) is 7.91. The summed E-state index contributed by atoms with van der Waals surface area (Å²) in [5, 5.41) is 5.66. The van der Waals surface area contributed by atoms with Crippen molar-refractivity contribution >= 4 is 17.5 Å².